The van der Waals surface area contributed by atoms with Gasteiger partial charge in [0.05, 0.1) is 10.2 Å². The number of thiophene rings is 1. The van der Waals surface area contributed by atoms with E-state index in [0.29, 0.717) is 11.8 Å². The second-order valence-corrected chi connectivity index (χ2v) is 9.25. The molecule has 0 bridgehead atoms. The molecule has 1 saturated carbocycles. The molecule has 2 aliphatic rings. The van der Waals surface area contributed by atoms with Gasteiger partial charge < -0.3 is 15.3 Å². The summed E-state index contributed by atoms with van der Waals surface area (Å²) in [7, 11) is 0. The van der Waals surface area contributed by atoms with E-state index in [1.807, 2.05) is 0 Å². The van der Waals surface area contributed by atoms with Gasteiger partial charge in [-0.15, -0.1) is 11.3 Å². The van der Waals surface area contributed by atoms with E-state index in [4.69, 9.17) is 9.97 Å². The molecular weight excluding hydrogens is 372 g/mol. The fourth-order valence-corrected chi connectivity index (χ4v) is 4.89. The van der Waals surface area contributed by atoms with E-state index in [0.717, 1.165) is 60.2 Å². The number of nitrogens with one attached hydrogen (secondary N) is 2. The van der Waals surface area contributed by atoms with Crippen LogP contribution in [0.1, 0.15) is 48.6 Å². The highest BCUT2D eigenvalue weighted by molar-refractivity contribution is 7.19. The molecular formula is C20H26N6OS. The minimum absolute atomic E-state index is 0.280. The highest BCUT2D eigenvalue weighted by Gasteiger charge is 2.26. The van der Waals surface area contributed by atoms with Crippen molar-refractivity contribution in [3.63, 3.8) is 0 Å². The summed E-state index contributed by atoms with van der Waals surface area (Å²) < 4.78 is 1.08. The summed E-state index contributed by atoms with van der Waals surface area (Å²) in [4.78, 5) is 13.2. The molecule has 3 N–H and O–H groups in total. The van der Waals surface area contributed by atoms with Crippen LogP contribution < -0.4 is 10.2 Å². The van der Waals surface area contributed by atoms with Crippen LogP contribution in [0.3, 0.4) is 0 Å². The summed E-state index contributed by atoms with van der Waals surface area (Å²) in [6, 6.07) is 4.24. The van der Waals surface area contributed by atoms with Crippen LogP contribution in [0.4, 0.5) is 17.6 Å². The molecule has 2 fully saturated rings. The Labute approximate surface area is 168 Å². The Balaban J connectivity index is 1.42. The number of piperidine rings is 1. The van der Waals surface area contributed by atoms with Gasteiger partial charge in [-0.2, -0.15) is 10.1 Å². The van der Waals surface area contributed by atoms with Gasteiger partial charge in [-0.3, -0.25) is 5.10 Å². The SMILES string of the molecule is Cc1cc2nc(N3CCC(CCO)CC3)nc(Nc3cc(C4CC4)[nH]n3)c2s1. The first-order valence-corrected chi connectivity index (χ1v) is 11.0. The quantitative estimate of drug-likeness (QED) is 0.583. The molecule has 28 heavy (non-hydrogen) atoms. The van der Waals surface area contributed by atoms with E-state index in [2.05, 4.69) is 39.5 Å². The number of aromatic nitrogens is 4. The number of hydrogen-bond acceptors (Lipinski definition) is 7. The van der Waals surface area contributed by atoms with E-state index < -0.39 is 0 Å². The largest absolute Gasteiger partial charge is 0.396 e. The zero-order valence-electron chi connectivity index (χ0n) is 16.1. The van der Waals surface area contributed by atoms with E-state index in [-0.39, 0.29) is 6.61 Å². The molecule has 7 nitrogen and oxygen atoms in total. The maximum absolute atomic E-state index is 9.18. The average Bonchev–Trinajstić information content (AvgIpc) is 3.32. The summed E-state index contributed by atoms with van der Waals surface area (Å²) >= 11 is 1.71. The zero-order chi connectivity index (χ0) is 19.1. The van der Waals surface area contributed by atoms with Gasteiger partial charge in [0.15, 0.2) is 11.6 Å². The van der Waals surface area contributed by atoms with Gasteiger partial charge in [0.25, 0.3) is 0 Å². The minimum atomic E-state index is 0.280. The molecule has 5 rings (SSSR count). The molecule has 1 saturated heterocycles. The molecule has 0 spiro atoms. The molecule has 1 aliphatic heterocycles. The molecule has 0 radical (unpaired) electrons. The monoisotopic (exact) mass is 398 g/mol. The topological polar surface area (TPSA) is 90.0 Å². The summed E-state index contributed by atoms with van der Waals surface area (Å²) in [5.41, 5.74) is 2.20. The first-order valence-electron chi connectivity index (χ1n) is 10.2. The lowest BCUT2D eigenvalue weighted by Crippen LogP contribution is -2.35. The molecule has 1 aliphatic carbocycles. The third-order valence-electron chi connectivity index (χ3n) is 5.78. The van der Waals surface area contributed by atoms with Crippen molar-refractivity contribution in [2.45, 2.75) is 44.9 Å². The van der Waals surface area contributed by atoms with Crippen LogP contribution >= 0.6 is 11.3 Å². The van der Waals surface area contributed by atoms with Gasteiger partial charge in [0.2, 0.25) is 5.95 Å². The van der Waals surface area contributed by atoms with Gasteiger partial charge >= 0.3 is 0 Å². The zero-order valence-corrected chi connectivity index (χ0v) is 16.9. The Kier molecular flexibility index (Phi) is 4.68. The maximum atomic E-state index is 9.18. The third-order valence-corrected chi connectivity index (χ3v) is 6.83. The smallest absolute Gasteiger partial charge is 0.227 e. The van der Waals surface area contributed by atoms with Crippen LogP contribution in [0, 0.1) is 12.8 Å². The fourth-order valence-electron chi connectivity index (χ4n) is 3.99. The highest BCUT2D eigenvalue weighted by Crippen LogP contribution is 2.40. The fraction of sp³-hybridized carbons (Fsp3) is 0.550. The number of fused-ring (bicyclic) bond motifs is 1. The van der Waals surface area contributed by atoms with E-state index >= 15 is 0 Å². The van der Waals surface area contributed by atoms with E-state index in [9.17, 15) is 5.11 Å². The normalized spacial score (nSPS) is 18.1. The van der Waals surface area contributed by atoms with Gasteiger partial charge in [-0.1, -0.05) is 0 Å². The molecule has 8 heteroatoms. The van der Waals surface area contributed by atoms with E-state index in [1.54, 1.807) is 11.3 Å². The predicted octanol–water partition coefficient (Wildman–Crippen LogP) is 3.94. The number of nitrogens with zero attached hydrogens (tertiary/aromatic N) is 4. The van der Waals surface area contributed by atoms with E-state index in [1.165, 1.54) is 23.4 Å². The Morgan fingerprint density at radius 1 is 1.21 bits per heavy atom. The van der Waals surface area contributed by atoms with Gasteiger partial charge in [-0.05, 0) is 51.0 Å². The van der Waals surface area contributed by atoms with Crippen molar-refractivity contribution in [1.29, 1.82) is 0 Å². The van der Waals surface area contributed by atoms with Crippen LogP contribution in [0.2, 0.25) is 0 Å². The molecule has 0 amide bonds. The lowest BCUT2D eigenvalue weighted by atomic mass is 9.94. The molecule has 3 aromatic heterocycles. The van der Waals surface area contributed by atoms with Gasteiger partial charge in [0.1, 0.15) is 0 Å². The summed E-state index contributed by atoms with van der Waals surface area (Å²) in [5, 5.41) is 20.2. The van der Waals surface area contributed by atoms with Crippen molar-refractivity contribution < 1.29 is 5.11 Å². The Morgan fingerprint density at radius 3 is 2.79 bits per heavy atom. The lowest BCUT2D eigenvalue weighted by molar-refractivity contribution is 0.240. The van der Waals surface area contributed by atoms with Gasteiger partial charge in [0, 0.05) is 42.3 Å². The number of aliphatic hydroxyl groups excluding tert-OH is 1. The first-order chi connectivity index (χ1) is 13.7. The predicted molar refractivity (Wildman–Crippen MR) is 113 cm³/mol. The molecule has 148 valence electrons. The van der Waals surface area contributed by atoms with Gasteiger partial charge in [-0.25, -0.2) is 4.98 Å². The summed E-state index contributed by atoms with van der Waals surface area (Å²) in [6.45, 7) is 4.26. The number of aryl methyl sites for hydroxylation is 1. The maximum Gasteiger partial charge on any atom is 0.227 e. The Bertz CT molecular complexity index is 970. The minimum Gasteiger partial charge on any atom is -0.396 e. The number of hydrogen-bond donors (Lipinski definition) is 3. The van der Waals surface area contributed by atoms with Crippen molar-refractivity contribution in [1.82, 2.24) is 20.2 Å². The van der Waals surface area contributed by atoms with Crippen LogP contribution in [0.15, 0.2) is 12.1 Å². The standard InChI is InChI=1S/C20H26N6OS/c1-12-10-16-18(28-12)19(22-17-11-15(24-25-17)14-2-3-14)23-20(21-16)26-7-4-13(5-8-26)6-9-27/h10-11,13-14,27H,2-9H2,1H3,(H2,21,22,23,24,25). The van der Waals surface area contributed by atoms with Crippen LogP contribution in [0.5, 0.6) is 0 Å². The lowest BCUT2D eigenvalue weighted by Gasteiger charge is -2.31. The summed E-state index contributed by atoms with van der Waals surface area (Å²) in [5.74, 6) is 3.70. The number of aliphatic hydroxyl groups is 1. The van der Waals surface area contributed by atoms with Crippen LogP contribution in [-0.2, 0) is 0 Å². The highest BCUT2D eigenvalue weighted by atomic mass is 32.1. The molecule has 3 aromatic rings. The number of rotatable bonds is 6. The Hall–Kier alpha value is -2.19. The number of anilines is 3. The van der Waals surface area contributed by atoms with Crippen molar-refractivity contribution in [3.8, 4) is 0 Å². The number of aromatic amines is 1. The Morgan fingerprint density at radius 2 is 2.04 bits per heavy atom. The van der Waals surface area contributed by atoms with Crippen molar-refractivity contribution >= 4 is 39.1 Å². The molecule has 0 atom stereocenters. The second kappa shape index (κ2) is 7.33. The van der Waals surface area contributed by atoms with Crippen molar-refractivity contribution in [2.24, 2.45) is 5.92 Å². The molecule has 0 aromatic carbocycles. The second-order valence-electron chi connectivity index (χ2n) is 7.99. The molecule has 0 unspecified atom stereocenters. The number of H-pyrrole nitrogens is 1. The van der Waals surface area contributed by atoms with Crippen LogP contribution in [0.25, 0.3) is 10.2 Å². The average molecular weight is 399 g/mol. The molecule has 4 heterocycles. The first kappa shape index (κ1) is 17.9. The summed E-state index contributed by atoms with van der Waals surface area (Å²) in [6.07, 6.45) is 5.56. The third kappa shape index (κ3) is 3.58. The van der Waals surface area contributed by atoms with Crippen molar-refractivity contribution in [3.05, 3.63) is 22.7 Å². The van der Waals surface area contributed by atoms with Crippen LogP contribution in [-0.4, -0.2) is 45.0 Å². The van der Waals surface area contributed by atoms with Crippen molar-refractivity contribution in [2.75, 3.05) is 29.9 Å².